The lowest BCUT2D eigenvalue weighted by molar-refractivity contribution is -0.140. The van der Waals surface area contributed by atoms with Crippen LogP contribution < -0.4 is 0 Å². The molecular formula is C4H6ClNO3. The Morgan fingerprint density at radius 3 is 2.78 bits per heavy atom. The number of alkyl halides is 1. The Balaban J connectivity index is 3.26. The SMILES string of the molecule is CC(=O)OCC(Cl)N=O. The number of carbonyl (C=O) groups excluding carboxylic acids is 1. The Labute approximate surface area is 57.1 Å². The zero-order valence-electron chi connectivity index (χ0n) is 4.83. The molecule has 0 fully saturated rings. The van der Waals surface area contributed by atoms with Gasteiger partial charge in [0.15, 0.2) is 5.50 Å². The van der Waals surface area contributed by atoms with Crippen molar-refractivity contribution in [3.05, 3.63) is 4.91 Å². The molecule has 0 saturated carbocycles. The third-order valence-corrected chi connectivity index (χ3v) is 0.744. The second kappa shape index (κ2) is 4.26. The summed E-state index contributed by atoms with van der Waals surface area (Å²) >= 11 is 5.15. The minimum Gasteiger partial charge on any atom is -0.462 e. The van der Waals surface area contributed by atoms with Crippen molar-refractivity contribution in [3.63, 3.8) is 0 Å². The average Bonchev–Trinajstić information content (AvgIpc) is 1.83. The lowest BCUT2D eigenvalue weighted by Gasteiger charge is -1.98. The molecule has 1 atom stereocenters. The molecule has 0 bridgehead atoms. The van der Waals surface area contributed by atoms with E-state index in [0.29, 0.717) is 0 Å². The summed E-state index contributed by atoms with van der Waals surface area (Å²) in [5.74, 6) is -0.468. The molecule has 0 amide bonds. The fourth-order valence-electron chi connectivity index (χ4n) is 0.217. The fraction of sp³-hybridized carbons (Fsp3) is 0.750. The topological polar surface area (TPSA) is 55.7 Å². The highest BCUT2D eigenvalue weighted by Crippen LogP contribution is 1.96. The van der Waals surface area contributed by atoms with Crippen molar-refractivity contribution < 1.29 is 9.53 Å². The van der Waals surface area contributed by atoms with Crippen molar-refractivity contribution in [2.75, 3.05) is 6.61 Å². The lowest BCUT2D eigenvalue weighted by Crippen LogP contribution is -2.08. The van der Waals surface area contributed by atoms with Crippen LogP contribution in [0.15, 0.2) is 5.18 Å². The number of carbonyl (C=O) groups is 1. The van der Waals surface area contributed by atoms with Crippen molar-refractivity contribution in [3.8, 4) is 0 Å². The number of rotatable bonds is 3. The van der Waals surface area contributed by atoms with E-state index in [1.165, 1.54) is 6.92 Å². The van der Waals surface area contributed by atoms with Gasteiger partial charge in [0, 0.05) is 6.92 Å². The third-order valence-electron chi connectivity index (χ3n) is 0.539. The van der Waals surface area contributed by atoms with Gasteiger partial charge in [-0.15, -0.1) is 4.91 Å². The van der Waals surface area contributed by atoms with Crippen molar-refractivity contribution in [1.29, 1.82) is 0 Å². The molecule has 0 aliphatic heterocycles. The molecule has 0 aromatic carbocycles. The molecule has 0 rings (SSSR count). The quantitative estimate of drug-likeness (QED) is 0.260. The summed E-state index contributed by atoms with van der Waals surface area (Å²) in [6, 6.07) is 0. The van der Waals surface area contributed by atoms with E-state index < -0.39 is 11.5 Å². The summed E-state index contributed by atoms with van der Waals surface area (Å²) in [5, 5.41) is 2.40. The number of ether oxygens (including phenoxy) is 1. The summed E-state index contributed by atoms with van der Waals surface area (Å²) in [4.78, 5) is 19.6. The van der Waals surface area contributed by atoms with E-state index in [9.17, 15) is 9.70 Å². The average molecular weight is 152 g/mol. The molecule has 0 spiro atoms. The van der Waals surface area contributed by atoms with Gasteiger partial charge in [0.1, 0.15) is 6.61 Å². The molecule has 0 aromatic heterocycles. The van der Waals surface area contributed by atoms with Crippen LogP contribution in [0.5, 0.6) is 0 Å². The molecule has 0 radical (unpaired) electrons. The van der Waals surface area contributed by atoms with Gasteiger partial charge in [0.2, 0.25) is 0 Å². The minimum absolute atomic E-state index is 0.152. The second-order valence-corrected chi connectivity index (χ2v) is 1.85. The molecule has 9 heavy (non-hydrogen) atoms. The van der Waals surface area contributed by atoms with E-state index in [1.807, 2.05) is 0 Å². The largest absolute Gasteiger partial charge is 0.462 e. The van der Waals surface area contributed by atoms with Gasteiger partial charge in [0.25, 0.3) is 0 Å². The van der Waals surface area contributed by atoms with E-state index in [4.69, 9.17) is 11.6 Å². The first-order valence-corrected chi connectivity index (χ1v) is 2.70. The Morgan fingerprint density at radius 2 is 2.44 bits per heavy atom. The molecule has 5 heteroatoms. The molecule has 52 valence electrons. The van der Waals surface area contributed by atoms with Crippen LogP contribution in [0.4, 0.5) is 0 Å². The molecule has 4 nitrogen and oxygen atoms in total. The van der Waals surface area contributed by atoms with Crippen LogP contribution in [0, 0.1) is 4.91 Å². The lowest BCUT2D eigenvalue weighted by atomic mass is 10.7. The highest BCUT2D eigenvalue weighted by atomic mass is 35.5. The number of hydrogen-bond donors (Lipinski definition) is 0. The van der Waals surface area contributed by atoms with E-state index >= 15 is 0 Å². The molecule has 1 unspecified atom stereocenters. The zero-order valence-corrected chi connectivity index (χ0v) is 5.59. The van der Waals surface area contributed by atoms with Crippen LogP contribution in [0.3, 0.4) is 0 Å². The van der Waals surface area contributed by atoms with E-state index in [0.717, 1.165) is 0 Å². The van der Waals surface area contributed by atoms with Crippen LogP contribution in [0.2, 0.25) is 0 Å². The molecular weight excluding hydrogens is 146 g/mol. The monoisotopic (exact) mass is 151 g/mol. The third kappa shape index (κ3) is 5.23. The second-order valence-electron chi connectivity index (χ2n) is 1.34. The number of esters is 1. The Bertz CT molecular complexity index is 116. The van der Waals surface area contributed by atoms with E-state index in [2.05, 4.69) is 9.91 Å². The maximum atomic E-state index is 10.0. The number of nitrogens with zero attached hydrogens (tertiary/aromatic N) is 1. The van der Waals surface area contributed by atoms with Gasteiger partial charge in [-0.1, -0.05) is 11.6 Å². The van der Waals surface area contributed by atoms with Gasteiger partial charge >= 0.3 is 5.97 Å². The van der Waals surface area contributed by atoms with Gasteiger partial charge in [-0.05, 0) is 5.18 Å². The molecule has 0 aromatic rings. The Morgan fingerprint density at radius 1 is 1.89 bits per heavy atom. The molecule has 0 N–H and O–H groups in total. The number of hydrogen-bond acceptors (Lipinski definition) is 4. The summed E-state index contributed by atoms with van der Waals surface area (Å²) in [6.45, 7) is 1.08. The Kier molecular flexibility index (Phi) is 3.96. The Hall–Kier alpha value is -0.640. The summed E-state index contributed by atoms with van der Waals surface area (Å²) in [6.07, 6.45) is 0. The predicted octanol–water partition coefficient (Wildman–Crippen LogP) is 0.881. The maximum absolute atomic E-state index is 10.0. The van der Waals surface area contributed by atoms with Crippen molar-refractivity contribution in [2.45, 2.75) is 12.4 Å². The first kappa shape index (κ1) is 8.36. The van der Waals surface area contributed by atoms with Crippen molar-refractivity contribution >= 4 is 17.6 Å². The normalized spacial score (nSPS) is 12.2. The van der Waals surface area contributed by atoms with Crippen LogP contribution in [-0.4, -0.2) is 18.1 Å². The summed E-state index contributed by atoms with van der Waals surface area (Å²) in [7, 11) is 0. The van der Waals surface area contributed by atoms with Crippen LogP contribution >= 0.6 is 11.6 Å². The van der Waals surface area contributed by atoms with Gasteiger partial charge in [0.05, 0.1) is 0 Å². The van der Waals surface area contributed by atoms with Gasteiger partial charge in [-0.3, -0.25) is 4.79 Å². The highest BCUT2D eigenvalue weighted by molar-refractivity contribution is 6.20. The van der Waals surface area contributed by atoms with E-state index in [1.54, 1.807) is 0 Å². The van der Waals surface area contributed by atoms with Crippen LogP contribution in [0.25, 0.3) is 0 Å². The van der Waals surface area contributed by atoms with Gasteiger partial charge < -0.3 is 4.74 Å². The maximum Gasteiger partial charge on any atom is 0.302 e. The van der Waals surface area contributed by atoms with Gasteiger partial charge in [-0.25, -0.2) is 0 Å². The molecule has 0 saturated heterocycles. The number of halogens is 1. The standard InChI is InChI=1S/C4H6ClNO3/c1-3(7)9-2-4(5)6-8/h4H,2H2,1H3. The smallest absolute Gasteiger partial charge is 0.302 e. The minimum atomic E-state index is -0.964. The van der Waals surface area contributed by atoms with Crippen LogP contribution in [-0.2, 0) is 9.53 Å². The van der Waals surface area contributed by atoms with Crippen molar-refractivity contribution in [2.24, 2.45) is 5.18 Å². The van der Waals surface area contributed by atoms with E-state index in [-0.39, 0.29) is 6.61 Å². The van der Waals surface area contributed by atoms with Crippen molar-refractivity contribution in [1.82, 2.24) is 0 Å². The zero-order chi connectivity index (χ0) is 7.28. The summed E-state index contributed by atoms with van der Waals surface area (Å²) in [5.41, 5.74) is -0.964. The first-order valence-electron chi connectivity index (χ1n) is 2.26. The van der Waals surface area contributed by atoms with Gasteiger partial charge in [-0.2, -0.15) is 0 Å². The predicted molar refractivity (Wildman–Crippen MR) is 32.1 cm³/mol. The van der Waals surface area contributed by atoms with Crippen LogP contribution in [0.1, 0.15) is 6.92 Å². The first-order chi connectivity index (χ1) is 4.16. The number of nitroso groups, excluding NO2 is 1. The molecule has 0 aliphatic rings. The molecule has 0 aliphatic carbocycles. The highest BCUT2D eigenvalue weighted by Gasteiger charge is 2.03. The molecule has 0 heterocycles. The fourth-order valence-corrected chi connectivity index (χ4v) is 0.280. The summed E-state index contributed by atoms with van der Waals surface area (Å²) < 4.78 is 4.33.